The topological polar surface area (TPSA) is 38.8 Å². The minimum atomic E-state index is -0.139. The summed E-state index contributed by atoms with van der Waals surface area (Å²) in [7, 11) is 3.77. The lowest BCUT2D eigenvalue weighted by Gasteiger charge is -2.18. The van der Waals surface area contributed by atoms with E-state index in [4.69, 9.17) is 9.47 Å². The van der Waals surface area contributed by atoms with Crippen molar-refractivity contribution in [1.82, 2.24) is 4.90 Å². The summed E-state index contributed by atoms with van der Waals surface area (Å²) in [5.74, 6) is 1.44. The van der Waals surface area contributed by atoms with Crippen molar-refractivity contribution in [3.05, 3.63) is 23.8 Å². The zero-order valence-corrected chi connectivity index (χ0v) is 9.69. The van der Waals surface area contributed by atoms with Crippen molar-refractivity contribution in [2.45, 2.75) is 13.0 Å². The molecule has 1 aromatic rings. The highest BCUT2D eigenvalue weighted by atomic mass is 16.7. The van der Waals surface area contributed by atoms with Crippen molar-refractivity contribution in [1.29, 1.82) is 0 Å². The van der Waals surface area contributed by atoms with Gasteiger partial charge in [-0.1, -0.05) is 0 Å². The largest absolute Gasteiger partial charge is 0.454 e. The van der Waals surface area contributed by atoms with Crippen LogP contribution in [-0.2, 0) is 0 Å². The molecule has 0 saturated heterocycles. The van der Waals surface area contributed by atoms with Crippen LogP contribution >= 0.6 is 0 Å². The zero-order chi connectivity index (χ0) is 11.7. The average Bonchev–Trinajstić information content (AvgIpc) is 2.73. The molecule has 86 valence electrons. The van der Waals surface area contributed by atoms with E-state index < -0.39 is 0 Å². The van der Waals surface area contributed by atoms with Crippen molar-refractivity contribution in [3.8, 4) is 11.5 Å². The number of nitrogens with zero attached hydrogens (tertiary/aromatic N) is 1. The van der Waals surface area contributed by atoms with E-state index in [1.807, 2.05) is 25.9 Å². The molecule has 0 aromatic heterocycles. The van der Waals surface area contributed by atoms with Gasteiger partial charge < -0.3 is 9.47 Å². The Labute approximate surface area is 94.8 Å². The Morgan fingerprint density at radius 1 is 1.31 bits per heavy atom. The van der Waals surface area contributed by atoms with Crippen molar-refractivity contribution in [3.63, 3.8) is 0 Å². The number of ketones is 1. The van der Waals surface area contributed by atoms with Gasteiger partial charge >= 0.3 is 0 Å². The SMILES string of the molecule is C[C@@H](C(=O)c1ccc2c(c1)OCO2)N(C)C. The van der Waals surface area contributed by atoms with Crippen molar-refractivity contribution < 1.29 is 14.3 Å². The highest BCUT2D eigenvalue weighted by molar-refractivity contribution is 6.00. The molecular formula is C12H15NO3. The molecule has 0 N–H and O–H groups in total. The molecular weight excluding hydrogens is 206 g/mol. The lowest BCUT2D eigenvalue weighted by molar-refractivity contribution is 0.0890. The highest BCUT2D eigenvalue weighted by Crippen LogP contribution is 2.32. The van der Waals surface area contributed by atoms with E-state index in [9.17, 15) is 4.79 Å². The number of fused-ring (bicyclic) bond motifs is 1. The van der Waals surface area contributed by atoms with Gasteiger partial charge in [0.05, 0.1) is 6.04 Å². The van der Waals surface area contributed by atoms with Crippen molar-refractivity contribution >= 4 is 5.78 Å². The highest BCUT2D eigenvalue weighted by Gasteiger charge is 2.20. The maximum Gasteiger partial charge on any atom is 0.231 e. The Bertz CT molecular complexity index is 415. The second-order valence-electron chi connectivity index (χ2n) is 4.07. The minimum Gasteiger partial charge on any atom is -0.454 e. The molecule has 1 aliphatic rings. The maximum atomic E-state index is 12.0. The molecule has 1 heterocycles. The lowest BCUT2D eigenvalue weighted by atomic mass is 10.0. The summed E-state index contributed by atoms with van der Waals surface area (Å²) in [4.78, 5) is 13.9. The standard InChI is InChI=1S/C12H15NO3/c1-8(13(2)3)12(14)9-4-5-10-11(6-9)16-7-15-10/h4-6,8H,7H2,1-3H3/t8-/m0/s1. The minimum absolute atomic E-state index is 0.0864. The zero-order valence-electron chi connectivity index (χ0n) is 9.69. The van der Waals surface area contributed by atoms with Gasteiger partial charge in [0.2, 0.25) is 6.79 Å². The van der Waals surface area contributed by atoms with Gasteiger partial charge in [-0.3, -0.25) is 9.69 Å². The van der Waals surface area contributed by atoms with E-state index in [0.29, 0.717) is 17.1 Å². The summed E-state index contributed by atoms with van der Waals surface area (Å²) in [6.45, 7) is 2.11. The number of hydrogen-bond donors (Lipinski definition) is 0. The van der Waals surface area contributed by atoms with Gasteiger partial charge in [-0.15, -0.1) is 0 Å². The summed E-state index contributed by atoms with van der Waals surface area (Å²) in [5, 5.41) is 0. The third kappa shape index (κ3) is 1.88. The first-order valence-corrected chi connectivity index (χ1v) is 5.20. The van der Waals surface area contributed by atoms with Crippen LogP contribution in [0.15, 0.2) is 18.2 Å². The quantitative estimate of drug-likeness (QED) is 0.726. The van der Waals surface area contributed by atoms with Gasteiger partial charge in [-0.05, 0) is 39.2 Å². The summed E-state index contributed by atoms with van der Waals surface area (Å²) >= 11 is 0. The Morgan fingerprint density at radius 2 is 2.00 bits per heavy atom. The summed E-state index contributed by atoms with van der Waals surface area (Å²) < 4.78 is 10.4. The first kappa shape index (κ1) is 11.0. The van der Waals surface area contributed by atoms with Crippen LogP contribution in [0, 0.1) is 0 Å². The predicted octanol–water partition coefficient (Wildman–Crippen LogP) is 1.55. The van der Waals surface area contributed by atoms with Crippen LogP contribution in [-0.4, -0.2) is 37.6 Å². The van der Waals surface area contributed by atoms with Crippen LogP contribution in [0.5, 0.6) is 11.5 Å². The molecule has 0 amide bonds. The Hall–Kier alpha value is -1.55. The number of carbonyl (C=O) groups is 1. The number of ether oxygens (including phenoxy) is 2. The maximum absolute atomic E-state index is 12.0. The van der Waals surface area contributed by atoms with Crippen LogP contribution in [0.2, 0.25) is 0 Å². The molecule has 4 nitrogen and oxygen atoms in total. The molecule has 0 aliphatic carbocycles. The van der Waals surface area contributed by atoms with Gasteiger partial charge in [0.15, 0.2) is 17.3 Å². The van der Waals surface area contributed by atoms with Crippen LogP contribution in [0.25, 0.3) is 0 Å². The normalized spacial score (nSPS) is 15.2. The molecule has 1 aromatic carbocycles. The first-order valence-electron chi connectivity index (χ1n) is 5.20. The fourth-order valence-corrected chi connectivity index (χ4v) is 1.53. The third-order valence-corrected chi connectivity index (χ3v) is 2.81. The predicted molar refractivity (Wildman–Crippen MR) is 60.0 cm³/mol. The third-order valence-electron chi connectivity index (χ3n) is 2.81. The van der Waals surface area contributed by atoms with Gasteiger partial charge in [0, 0.05) is 5.56 Å². The molecule has 0 spiro atoms. The summed E-state index contributed by atoms with van der Waals surface area (Å²) in [6.07, 6.45) is 0. The van der Waals surface area contributed by atoms with Crippen LogP contribution in [0.4, 0.5) is 0 Å². The van der Waals surface area contributed by atoms with E-state index in [1.165, 1.54) is 0 Å². The Morgan fingerprint density at radius 3 is 2.69 bits per heavy atom. The number of rotatable bonds is 3. The second kappa shape index (κ2) is 4.14. The van der Waals surface area contributed by atoms with Gasteiger partial charge in [-0.25, -0.2) is 0 Å². The number of benzene rings is 1. The Balaban J connectivity index is 2.25. The monoisotopic (exact) mass is 221 g/mol. The molecule has 1 aliphatic heterocycles. The van der Waals surface area contributed by atoms with Crippen LogP contribution in [0.3, 0.4) is 0 Å². The second-order valence-corrected chi connectivity index (χ2v) is 4.07. The smallest absolute Gasteiger partial charge is 0.231 e. The lowest BCUT2D eigenvalue weighted by Crippen LogP contribution is -2.32. The molecule has 0 saturated carbocycles. The number of carbonyl (C=O) groups excluding carboxylic acids is 1. The molecule has 0 radical (unpaired) electrons. The van der Waals surface area contributed by atoms with E-state index in [2.05, 4.69) is 0 Å². The Kier molecular flexibility index (Phi) is 2.83. The van der Waals surface area contributed by atoms with Crippen molar-refractivity contribution in [2.75, 3.05) is 20.9 Å². The molecule has 1 atom stereocenters. The van der Waals surface area contributed by atoms with Crippen molar-refractivity contribution in [2.24, 2.45) is 0 Å². The average molecular weight is 221 g/mol. The van der Waals surface area contributed by atoms with E-state index >= 15 is 0 Å². The van der Waals surface area contributed by atoms with E-state index in [0.717, 1.165) is 0 Å². The number of likely N-dealkylation sites (N-methyl/N-ethyl adjacent to an activating group) is 1. The molecule has 0 unspecified atom stereocenters. The van der Waals surface area contributed by atoms with E-state index in [-0.39, 0.29) is 18.6 Å². The molecule has 0 fully saturated rings. The fourth-order valence-electron chi connectivity index (χ4n) is 1.53. The first-order chi connectivity index (χ1) is 7.59. The van der Waals surface area contributed by atoms with Gasteiger partial charge in [-0.2, -0.15) is 0 Å². The summed E-state index contributed by atoms with van der Waals surface area (Å²) in [5.41, 5.74) is 0.658. The van der Waals surface area contributed by atoms with Gasteiger partial charge in [0.25, 0.3) is 0 Å². The molecule has 16 heavy (non-hydrogen) atoms. The summed E-state index contributed by atoms with van der Waals surface area (Å²) in [6, 6.07) is 5.15. The number of hydrogen-bond acceptors (Lipinski definition) is 4. The molecule has 4 heteroatoms. The van der Waals surface area contributed by atoms with Crippen LogP contribution in [0.1, 0.15) is 17.3 Å². The molecule has 2 rings (SSSR count). The number of Topliss-reactive ketones (excluding diaryl/α,β-unsaturated/α-hetero) is 1. The molecule has 0 bridgehead atoms. The van der Waals surface area contributed by atoms with Gasteiger partial charge in [0.1, 0.15) is 0 Å². The fraction of sp³-hybridized carbons (Fsp3) is 0.417. The van der Waals surface area contributed by atoms with E-state index in [1.54, 1.807) is 18.2 Å². The van der Waals surface area contributed by atoms with Crippen LogP contribution < -0.4 is 9.47 Å².